The Balaban J connectivity index is 2.14. The Labute approximate surface area is 136 Å². The molecule has 1 aromatic rings. The van der Waals surface area contributed by atoms with E-state index < -0.39 is 11.9 Å². The number of benzene rings is 1. The van der Waals surface area contributed by atoms with Crippen LogP contribution in [0.5, 0.6) is 0 Å². The van der Waals surface area contributed by atoms with Gasteiger partial charge in [-0.25, -0.2) is 0 Å². The number of rotatable bonds is 6. The number of nitrogens with zero attached hydrogens (tertiary/aromatic N) is 1. The van der Waals surface area contributed by atoms with E-state index in [0.717, 1.165) is 5.69 Å². The van der Waals surface area contributed by atoms with E-state index in [4.69, 9.17) is 25.8 Å². The quantitative estimate of drug-likeness (QED) is 0.754. The van der Waals surface area contributed by atoms with Crippen molar-refractivity contribution < 1.29 is 19.0 Å². The molecular weight excluding hydrogens is 306 g/mol. The molecule has 22 heavy (non-hydrogen) atoms. The number of alkyl halides is 1. The highest BCUT2D eigenvalue weighted by Gasteiger charge is 2.34. The van der Waals surface area contributed by atoms with E-state index in [1.54, 1.807) is 11.8 Å². The van der Waals surface area contributed by atoms with Crippen molar-refractivity contribution in [1.29, 1.82) is 0 Å². The van der Waals surface area contributed by atoms with Crippen LogP contribution >= 0.6 is 11.6 Å². The minimum atomic E-state index is -1.03. The molecule has 5 nitrogen and oxygen atoms in total. The fourth-order valence-corrected chi connectivity index (χ4v) is 2.48. The molecule has 1 aliphatic heterocycles. The molecule has 0 N–H and O–H groups in total. The van der Waals surface area contributed by atoms with Gasteiger partial charge >= 0.3 is 0 Å². The van der Waals surface area contributed by atoms with Gasteiger partial charge in [-0.05, 0) is 32.9 Å². The van der Waals surface area contributed by atoms with Crippen LogP contribution in [-0.4, -0.2) is 43.1 Å². The first-order valence-corrected chi connectivity index (χ1v) is 7.89. The number of ether oxygens (including phenoxy) is 3. The lowest BCUT2D eigenvalue weighted by molar-refractivity contribution is -0.127. The minimum Gasteiger partial charge on any atom is -0.354 e. The minimum absolute atomic E-state index is 0.00332. The number of carbonyl (C=O) groups is 1. The second-order valence-corrected chi connectivity index (χ2v) is 5.56. The molecule has 0 bridgehead atoms. The molecule has 3 atom stereocenters. The van der Waals surface area contributed by atoms with Crippen molar-refractivity contribution >= 4 is 23.2 Å². The number of halogens is 1. The van der Waals surface area contributed by atoms with E-state index in [-0.39, 0.29) is 24.7 Å². The van der Waals surface area contributed by atoms with Gasteiger partial charge in [-0.3, -0.25) is 4.79 Å². The lowest BCUT2D eigenvalue weighted by Crippen LogP contribution is -2.43. The molecule has 0 spiro atoms. The van der Waals surface area contributed by atoms with Crippen LogP contribution in [0.4, 0.5) is 5.69 Å². The summed E-state index contributed by atoms with van der Waals surface area (Å²) in [5.41, 5.74) is -0.293. The van der Waals surface area contributed by atoms with Gasteiger partial charge in [0.05, 0.1) is 18.8 Å². The predicted molar refractivity (Wildman–Crippen MR) is 84.9 cm³/mol. The van der Waals surface area contributed by atoms with Gasteiger partial charge in [-0.1, -0.05) is 29.8 Å². The summed E-state index contributed by atoms with van der Waals surface area (Å²) in [5.74, 6) is -0.325. The number of amides is 1. The molecule has 0 aliphatic carbocycles. The SMILES string of the molecule is CCOC(Cl)C(=O)N(CC1OC(C)C(C)O1)c1ccccc1. The molecule has 3 unspecified atom stereocenters. The first-order chi connectivity index (χ1) is 10.5. The largest absolute Gasteiger partial charge is 0.354 e. The Morgan fingerprint density at radius 3 is 2.41 bits per heavy atom. The predicted octanol–water partition coefficient (Wildman–Crippen LogP) is 2.77. The topological polar surface area (TPSA) is 48.0 Å². The van der Waals surface area contributed by atoms with Gasteiger partial charge in [-0.2, -0.15) is 0 Å². The van der Waals surface area contributed by atoms with Gasteiger partial charge in [-0.15, -0.1) is 0 Å². The maximum Gasteiger partial charge on any atom is 0.271 e. The van der Waals surface area contributed by atoms with Crippen LogP contribution in [0.3, 0.4) is 0 Å². The third kappa shape index (κ3) is 4.20. The van der Waals surface area contributed by atoms with Gasteiger partial charge in [0.25, 0.3) is 5.91 Å². The van der Waals surface area contributed by atoms with E-state index in [2.05, 4.69) is 0 Å². The van der Waals surface area contributed by atoms with Crippen LogP contribution in [0.1, 0.15) is 20.8 Å². The third-order valence-electron chi connectivity index (χ3n) is 3.57. The number of anilines is 1. The summed E-state index contributed by atoms with van der Waals surface area (Å²) in [6.45, 7) is 6.33. The second kappa shape index (κ2) is 7.92. The fourth-order valence-electron chi connectivity index (χ4n) is 2.24. The van der Waals surface area contributed by atoms with Gasteiger partial charge in [0, 0.05) is 12.3 Å². The molecule has 0 radical (unpaired) electrons. The zero-order valence-electron chi connectivity index (χ0n) is 13.1. The van der Waals surface area contributed by atoms with Crippen molar-refractivity contribution in [2.24, 2.45) is 0 Å². The van der Waals surface area contributed by atoms with Crippen LogP contribution in [0.2, 0.25) is 0 Å². The van der Waals surface area contributed by atoms with Crippen LogP contribution < -0.4 is 4.90 Å². The van der Waals surface area contributed by atoms with Crippen molar-refractivity contribution in [3.05, 3.63) is 30.3 Å². The number of hydrogen-bond donors (Lipinski definition) is 0. The monoisotopic (exact) mass is 327 g/mol. The van der Waals surface area contributed by atoms with Gasteiger partial charge < -0.3 is 19.1 Å². The summed E-state index contributed by atoms with van der Waals surface area (Å²) >= 11 is 6.02. The molecule has 2 rings (SSSR count). The van der Waals surface area contributed by atoms with Crippen molar-refractivity contribution in [3.8, 4) is 0 Å². The van der Waals surface area contributed by atoms with Crippen LogP contribution in [0, 0.1) is 0 Å². The molecule has 1 aromatic carbocycles. The zero-order valence-corrected chi connectivity index (χ0v) is 13.8. The average Bonchev–Trinajstić information content (AvgIpc) is 2.83. The zero-order chi connectivity index (χ0) is 16.1. The number of hydrogen-bond acceptors (Lipinski definition) is 4. The summed E-state index contributed by atoms with van der Waals surface area (Å²) in [5, 5.41) is 0. The summed E-state index contributed by atoms with van der Waals surface area (Å²) in [4.78, 5) is 14.1. The van der Waals surface area contributed by atoms with E-state index in [9.17, 15) is 4.79 Å². The van der Waals surface area contributed by atoms with Gasteiger partial charge in [0.15, 0.2) is 6.29 Å². The van der Waals surface area contributed by atoms with Crippen molar-refractivity contribution in [3.63, 3.8) is 0 Å². The second-order valence-electron chi connectivity index (χ2n) is 5.17. The highest BCUT2D eigenvalue weighted by atomic mass is 35.5. The molecule has 1 heterocycles. The van der Waals surface area contributed by atoms with Crippen LogP contribution in [0.15, 0.2) is 30.3 Å². The third-order valence-corrected chi connectivity index (χ3v) is 3.88. The molecule has 122 valence electrons. The summed E-state index contributed by atoms with van der Waals surface area (Å²) in [7, 11) is 0. The smallest absolute Gasteiger partial charge is 0.271 e. The maximum absolute atomic E-state index is 12.5. The van der Waals surface area contributed by atoms with Crippen molar-refractivity contribution in [1.82, 2.24) is 0 Å². The van der Waals surface area contributed by atoms with E-state index in [1.165, 1.54) is 0 Å². The fraction of sp³-hybridized carbons (Fsp3) is 0.562. The lowest BCUT2D eigenvalue weighted by atomic mass is 10.2. The molecule has 0 aromatic heterocycles. The Kier molecular flexibility index (Phi) is 6.20. The molecule has 0 saturated carbocycles. The van der Waals surface area contributed by atoms with Crippen LogP contribution in [-0.2, 0) is 19.0 Å². The van der Waals surface area contributed by atoms with Crippen molar-refractivity contribution in [2.75, 3.05) is 18.1 Å². The molecule has 1 saturated heterocycles. The normalized spacial score (nSPS) is 25.9. The number of carbonyl (C=O) groups excluding carboxylic acids is 1. The molecule has 1 fully saturated rings. The standard InChI is InChI=1S/C16H22ClNO4/c1-4-20-15(17)16(19)18(13-8-6-5-7-9-13)10-14-21-11(2)12(3)22-14/h5-9,11-12,14-15H,4,10H2,1-3H3. The first kappa shape index (κ1) is 17.2. The molecule has 6 heteroatoms. The Hall–Kier alpha value is -1.14. The van der Waals surface area contributed by atoms with E-state index in [0.29, 0.717) is 6.61 Å². The number of para-hydroxylation sites is 1. The highest BCUT2D eigenvalue weighted by molar-refractivity contribution is 6.31. The maximum atomic E-state index is 12.5. The van der Waals surface area contributed by atoms with E-state index in [1.807, 2.05) is 44.2 Å². The Morgan fingerprint density at radius 2 is 1.86 bits per heavy atom. The average molecular weight is 328 g/mol. The van der Waals surface area contributed by atoms with Gasteiger partial charge in [0.1, 0.15) is 0 Å². The Morgan fingerprint density at radius 1 is 1.27 bits per heavy atom. The Bertz CT molecular complexity index is 474. The first-order valence-electron chi connectivity index (χ1n) is 7.46. The summed E-state index contributed by atoms with van der Waals surface area (Å²) in [6.07, 6.45) is -0.479. The summed E-state index contributed by atoms with van der Waals surface area (Å²) in [6, 6.07) is 9.30. The highest BCUT2D eigenvalue weighted by Crippen LogP contribution is 2.23. The van der Waals surface area contributed by atoms with Gasteiger partial charge in [0.2, 0.25) is 5.56 Å². The molecule has 1 aliphatic rings. The van der Waals surface area contributed by atoms with Crippen LogP contribution in [0.25, 0.3) is 0 Å². The lowest BCUT2D eigenvalue weighted by Gasteiger charge is -2.27. The molecule has 1 amide bonds. The molecular formula is C16H22ClNO4. The summed E-state index contributed by atoms with van der Waals surface area (Å²) < 4.78 is 16.6. The van der Waals surface area contributed by atoms with E-state index >= 15 is 0 Å². The van der Waals surface area contributed by atoms with Crippen molar-refractivity contribution in [2.45, 2.75) is 44.8 Å².